The Kier molecular flexibility index (Phi) is 11.1. The zero-order valence-corrected chi connectivity index (χ0v) is 21.2. The van der Waals surface area contributed by atoms with Gasteiger partial charge in [0.2, 0.25) is 5.91 Å². The molecule has 2 aromatic rings. The third kappa shape index (κ3) is 8.66. The summed E-state index contributed by atoms with van der Waals surface area (Å²) in [6, 6.07) is 8.82. The highest BCUT2D eigenvalue weighted by atomic mass is 19.1. The number of anilines is 1. The zero-order chi connectivity index (χ0) is 25.8. The number of unbranched alkanes of at least 4 members (excludes halogenated alkanes) is 2. The molecule has 0 fully saturated rings. The number of carbonyl (C=O) groups is 2. The Balaban J connectivity index is 2.22. The Hall–Kier alpha value is -3.49. The Morgan fingerprint density at radius 2 is 1.69 bits per heavy atom. The molecule has 0 aliphatic carbocycles. The van der Waals surface area contributed by atoms with E-state index in [2.05, 4.69) is 12.2 Å². The number of hydrogen-bond acceptors (Lipinski definition) is 5. The largest absolute Gasteiger partial charge is 0.496 e. The fourth-order valence-corrected chi connectivity index (χ4v) is 3.39. The first-order chi connectivity index (χ1) is 16.8. The van der Waals surface area contributed by atoms with Gasteiger partial charge in [0.05, 0.1) is 27.4 Å². The first kappa shape index (κ1) is 27.8. The molecule has 35 heavy (non-hydrogen) atoms. The van der Waals surface area contributed by atoms with Crippen molar-refractivity contribution in [2.75, 3.05) is 46.8 Å². The molecule has 0 saturated carbocycles. The summed E-state index contributed by atoms with van der Waals surface area (Å²) in [5.74, 6) is 0.988. The third-order valence-corrected chi connectivity index (χ3v) is 5.41. The SMILES string of the molecule is CCCCCOc1cc(NC(=O)N(CCC(=O)N(C)C)Cc2cc(F)ccc2OC)ccc1OC. The van der Waals surface area contributed by atoms with Crippen LogP contribution in [-0.2, 0) is 11.3 Å². The van der Waals surface area contributed by atoms with Crippen molar-refractivity contribution in [1.82, 2.24) is 9.80 Å². The number of halogens is 1. The van der Waals surface area contributed by atoms with Gasteiger partial charge in [-0.05, 0) is 36.8 Å². The van der Waals surface area contributed by atoms with E-state index in [-0.39, 0.29) is 25.4 Å². The molecule has 3 amide bonds. The summed E-state index contributed by atoms with van der Waals surface area (Å²) in [5.41, 5.74) is 1.01. The summed E-state index contributed by atoms with van der Waals surface area (Å²) < 4.78 is 30.5. The van der Waals surface area contributed by atoms with E-state index in [4.69, 9.17) is 14.2 Å². The molecule has 9 heteroatoms. The minimum absolute atomic E-state index is 0.0595. The smallest absolute Gasteiger partial charge is 0.322 e. The molecule has 0 radical (unpaired) electrons. The molecule has 0 saturated heterocycles. The first-order valence-electron chi connectivity index (χ1n) is 11.7. The Morgan fingerprint density at radius 1 is 0.971 bits per heavy atom. The first-order valence-corrected chi connectivity index (χ1v) is 11.7. The highest BCUT2D eigenvalue weighted by molar-refractivity contribution is 5.90. The number of carbonyl (C=O) groups excluding carboxylic acids is 2. The average molecular weight is 490 g/mol. The lowest BCUT2D eigenvalue weighted by Crippen LogP contribution is -2.37. The molecule has 0 unspecified atom stereocenters. The van der Waals surface area contributed by atoms with Crippen LogP contribution in [0.25, 0.3) is 0 Å². The quantitative estimate of drug-likeness (QED) is 0.404. The summed E-state index contributed by atoms with van der Waals surface area (Å²) in [6.45, 7) is 2.86. The molecule has 8 nitrogen and oxygen atoms in total. The van der Waals surface area contributed by atoms with Gasteiger partial charge in [-0.2, -0.15) is 0 Å². The molecule has 2 aromatic carbocycles. The van der Waals surface area contributed by atoms with Crippen LogP contribution in [0.5, 0.6) is 17.2 Å². The highest BCUT2D eigenvalue weighted by Crippen LogP contribution is 2.31. The lowest BCUT2D eigenvalue weighted by Gasteiger charge is -2.25. The van der Waals surface area contributed by atoms with E-state index in [9.17, 15) is 14.0 Å². The number of nitrogens with zero attached hydrogens (tertiary/aromatic N) is 2. The number of nitrogens with one attached hydrogen (secondary N) is 1. The van der Waals surface area contributed by atoms with Gasteiger partial charge in [0.1, 0.15) is 11.6 Å². The van der Waals surface area contributed by atoms with E-state index in [0.717, 1.165) is 19.3 Å². The van der Waals surface area contributed by atoms with Crippen molar-refractivity contribution in [2.45, 2.75) is 39.2 Å². The van der Waals surface area contributed by atoms with Gasteiger partial charge >= 0.3 is 6.03 Å². The van der Waals surface area contributed by atoms with E-state index in [1.807, 2.05) is 0 Å². The number of benzene rings is 2. The molecule has 0 heterocycles. The van der Waals surface area contributed by atoms with Crippen molar-refractivity contribution in [3.63, 3.8) is 0 Å². The van der Waals surface area contributed by atoms with Crippen molar-refractivity contribution in [1.29, 1.82) is 0 Å². The van der Waals surface area contributed by atoms with Gasteiger partial charge < -0.3 is 29.3 Å². The average Bonchev–Trinajstić information content (AvgIpc) is 2.84. The second kappa shape index (κ2) is 14.0. The Bertz CT molecular complexity index is 983. The van der Waals surface area contributed by atoms with Crippen LogP contribution < -0.4 is 19.5 Å². The molecule has 1 N–H and O–H groups in total. The van der Waals surface area contributed by atoms with Gasteiger partial charge in [0, 0.05) is 44.4 Å². The molecule has 2 rings (SSSR count). The molecule has 0 atom stereocenters. The molecule has 0 aliphatic heterocycles. The van der Waals surface area contributed by atoms with Crippen LogP contribution in [0.4, 0.5) is 14.9 Å². The number of amides is 3. The predicted molar refractivity (Wildman–Crippen MR) is 134 cm³/mol. The zero-order valence-electron chi connectivity index (χ0n) is 21.2. The summed E-state index contributed by atoms with van der Waals surface area (Å²) in [4.78, 5) is 28.3. The van der Waals surface area contributed by atoms with Gasteiger partial charge in [-0.15, -0.1) is 0 Å². The molecule has 0 spiro atoms. The van der Waals surface area contributed by atoms with Crippen LogP contribution >= 0.6 is 0 Å². The fraction of sp³-hybridized carbons (Fsp3) is 0.462. The molecule has 0 aromatic heterocycles. The van der Waals surface area contributed by atoms with Crippen LogP contribution in [0.2, 0.25) is 0 Å². The minimum Gasteiger partial charge on any atom is -0.496 e. The van der Waals surface area contributed by atoms with Crippen molar-refractivity contribution < 1.29 is 28.2 Å². The van der Waals surface area contributed by atoms with Crippen molar-refractivity contribution in [3.05, 3.63) is 47.8 Å². The van der Waals surface area contributed by atoms with Gasteiger partial charge in [-0.1, -0.05) is 19.8 Å². The van der Waals surface area contributed by atoms with E-state index in [1.165, 1.54) is 35.1 Å². The maximum atomic E-state index is 13.9. The second-order valence-electron chi connectivity index (χ2n) is 8.27. The number of methoxy groups -OCH3 is 2. The van der Waals surface area contributed by atoms with Gasteiger partial charge in [-0.3, -0.25) is 4.79 Å². The van der Waals surface area contributed by atoms with Crippen LogP contribution in [-0.4, -0.2) is 63.2 Å². The molecular weight excluding hydrogens is 453 g/mol. The van der Waals surface area contributed by atoms with E-state index >= 15 is 0 Å². The lowest BCUT2D eigenvalue weighted by molar-refractivity contribution is -0.128. The van der Waals surface area contributed by atoms with Crippen LogP contribution in [0.1, 0.15) is 38.2 Å². The molecule has 0 aliphatic rings. The maximum absolute atomic E-state index is 13.9. The van der Waals surface area contributed by atoms with Crippen molar-refractivity contribution in [3.8, 4) is 17.2 Å². The minimum atomic E-state index is -0.440. The number of ether oxygens (including phenoxy) is 3. The van der Waals surface area contributed by atoms with Gasteiger partial charge in [0.15, 0.2) is 11.5 Å². The maximum Gasteiger partial charge on any atom is 0.322 e. The van der Waals surface area contributed by atoms with Gasteiger partial charge in [-0.25, -0.2) is 9.18 Å². The summed E-state index contributed by atoms with van der Waals surface area (Å²) in [5, 5.41) is 2.85. The second-order valence-corrected chi connectivity index (χ2v) is 8.27. The monoisotopic (exact) mass is 489 g/mol. The number of hydrogen-bond donors (Lipinski definition) is 1. The fourth-order valence-electron chi connectivity index (χ4n) is 3.39. The normalized spacial score (nSPS) is 10.5. The summed E-state index contributed by atoms with van der Waals surface area (Å²) in [6.07, 6.45) is 3.17. The van der Waals surface area contributed by atoms with Crippen LogP contribution in [0.3, 0.4) is 0 Å². The van der Waals surface area contributed by atoms with Crippen LogP contribution in [0, 0.1) is 5.82 Å². The third-order valence-electron chi connectivity index (χ3n) is 5.41. The highest BCUT2D eigenvalue weighted by Gasteiger charge is 2.19. The predicted octanol–water partition coefficient (Wildman–Crippen LogP) is 4.92. The molecule has 192 valence electrons. The number of urea groups is 1. The summed E-state index contributed by atoms with van der Waals surface area (Å²) >= 11 is 0. The van der Waals surface area contributed by atoms with Crippen molar-refractivity contribution in [2.24, 2.45) is 0 Å². The summed E-state index contributed by atoms with van der Waals surface area (Å²) in [7, 11) is 6.35. The molecule has 0 bridgehead atoms. The molecular formula is C26H36FN3O5. The lowest BCUT2D eigenvalue weighted by atomic mass is 10.1. The van der Waals surface area contributed by atoms with Gasteiger partial charge in [0.25, 0.3) is 0 Å². The topological polar surface area (TPSA) is 80.3 Å². The Labute approximate surface area is 206 Å². The van der Waals surface area contributed by atoms with E-state index in [0.29, 0.717) is 35.1 Å². The standard InChI is InChI=1S/C26H36FN3O5/c1-6-7-8-15-35-24-17-21(10-12-23(24)34-5)28-26(32)30(14-13-25(31)29(2)3)18-19-16-20(27)9-11-22(19)33-4/h9-12,16-17H,6-8,13-15,18H2,1-5H3,(H,28,32). The van der Waals surface area contributed by atoms with E-state index in [1.54, 1.807) is 39.4 Å². The van der Waals surface area contributed by atoms with Crippen molar-refractivity contribution >= 4 is 17.6 Å². The van der Waals surface area contributed by atoms with Crippen LogP contribution in [0.15, 0.2) is 36.4 Å². The number of rotatable bonds is 13. The van der Waals surface area contributed by atoms with E-state index < -0.39 is 11.8 Å². The Morgan fingerprint density at radius 3 is 2.34 bits per heavy atom.